The number of hydrogen-bond donors (Lipinski definition) is 0. The van der Waals surface area contributed by atoms with Crippen molar-refractivity contribution >= 4 is 6.09 Å². The molecule has 2 heterocycles. The van der Waals surface area contributed by atoms with Crippen molar-refractivity contribution in [1.29, 1.82) is 0 Å². The number of aryl methyl sites for hydroxylation is 1. The minimum absolute atomic E-state index is 0.0879. The lowest BCUT2D eigenvalue weighted by atomic mass is 10.0. The molecule has 1 aliphatic heterocycles. The minimum atomic E-state index is -0.299. The van der Waals surface area contributed by atoms with E-state index in [1.165, 1.54) is 7.11 Å². The van der Waals surface area contributed by atoms with Crippen LogP contribution in [0.15, 0.2) is 24.3 Å². The summed E-state index contributed by atoms with van der Waals surface area (Å²) in [6.07, 6.45) is 3.22. The zero-order chi connectivity index (χ0) is 18.5. The Morgan fingerprint density at radius 3 is 2.81 bits per heavy atom. The Hall–Kier alpha value is -2.57. The number of para-hydroxylation sites is 1. The molecule has 0 radical (unpaired) electrons. The third-order valence-corrected chi connectivity index (χ3v) is 4.79. The highest BCUT2D eigenvalue weighted by Crippen LogP contribution is 2.31. The van der Waals surface area contributed by atoms with Crippen molar-refractivity contribution in [3.8, 4) is 5.75 Å². The van der Waals surface area contributed by atoms with Crippen molar-refractivity contribution in [2.45, 2.75) is 45.2 Å². The Balaban J connectivity index is 1.89. The van der Waals surface area contributed by atoms with Crippen LogP contribution in [-0.4, -0.2) is 46.5 Å². The normalized spacial score (nSPS) is 17.2. The summed E-state index contributed by atoms with van der Waals surface area (Å²) in [5, 5.41) is 4.67. The SMILES string of the molecule is CCn1nc(Cc2ccccc2OC)nc1C1CCCCN1C(=O)OC. The number of benzene rings is 1. The van der Waals surface area contributed by atoms with Gasteiger partial charge in [-0.3, -0.25) is 4.90 Å². The number of ether oxygens (including phenoxy) is 2. The molecule has 1 aromatic carbocycles. The summed E-state index contributed by atoms with van der Waals surface area (Å²) >= 11 is 0. The van der Waals surface area contributed by atoms with Crippen LogP contribution in [0.25, 0.3) is 0 Å². The van der Waals surface area contributed by atoms with E-state index in [9.17, 15) is 4.79 Å². The molecule has 3 rings (SSSR count). The van der Waals surface area contributed by atoms with Crippen molar-refractivity contribution in [1.82, 2.24) is 19.7 Å². The first kappa shape index (κ1) is 18.2. The number of likely N-dealkylation sites (tertiary alicyclic amines) is 1. The molecule has 1 atom stereocenters. The molecule has 1 aromatic heterocycles. The van der Waals surface area contributed by atoms with E-state index in [1.807, 2.05) is 35.9 Å². The second-order valence-electron chi connectivity index (χ2n) is 6.37. The van der Waals surface area contributed by atoms with Crippen LogP contribution in [0.1, 0.15) is 49.4 Å². The molecule has 2 aromatic rings. The van der Waals surface area contributed by atoms with Crippen LogP contribution >= 0.6 is 0 Å². The molecule has 140 valence electrons. The summed E-state index contributed by atoms with van der Waals surface area (Å²) in [6, 6.07) is 7.80. The fraction of sp³-hybridized carbons (Fsp3) is 0.526. The van der Waals surface area contributed by atoms with E-state index in [0.29, 0.717) is 19.5 Å². The van der Waals surface area contributed by atoms with Crippen LogP contribution in [0.5, 0.6) is 5.75 Å². The Labute approximate surface area is 153 Å². The summed E-state index contributed by atoms with van der Waals surface area (Å²) < 4.78 is 12.3. The molecule has 7 nitrogen and oxygen atoms in total. The van der Waals surface area contributed by atoms with Gasteiger partial charge in [-0.25, -0.2) is 14.5 Å². The maximum absolute atomic E-state index is 12.2. The summed E-state index contributed by atoms with van der Waals surface area (Å²) in [5.41, 5.74) is 1.04. The summed E-state index contributed by atoms with van der Waals surface area (Å²) in [6.45, 7) is 3.44. The summed E-state index contributed by atoms with van der Waals surface area (Å²) in [5.74, 6) is 2.40. The number of rotatable bonds is 5. The van der Waals surface area contributed by atoms with Gasteiger partial charge in [0.15, 0.2) is 5.82 Å². The van der Waals surface area contributed by atoms with Crippen LogP contribution in [-0.2, 0) is 17.7 Å². The molecule has 0 N–H and O–H groups in total. The van der Waals surface area contributed by atoms with Crippen molar-refractivity contribution in [2.75, 3.05) is 20.8 Å². The average molecular weight is 358 g/mol. The Kier molecular flexibility index (Phi) is 5.75. The van der Waals surface area contributed by atoms with E-state index in [1.54, 1.807) is 12.0 Å². The van der Waals surface area contributed by atoms with Gasteiger partial charge in [0.2, 0.25) is 0 Å². The average Bonchev–Trinajstić information content (AvgIpc) is 3.10. The van der Waals surface area contributed by atoms with Crippen molar-refractivity contribution in [3.63, 3.8) is 0 Å². The van der Waals surface area contributed by atoms with Gasteiger partial charge in [0.1, 0.15) is 11.6 Å². The monoisotopic (exact) mass is 358 g/mol. The predicted molar refractivity (Wildman–Crippen MR) is 97.2 cm³/mol. The van der Waals surface area contributed by atoms with Gasteiger partial charge in [0, 0.05) is 25.1 Å². The standard InChI is InChI=1S/C19H26N4O3/c1-4-23-18(15-10-7-8-12-22(15)19(24)26-3)20-17(21-23)13-14-9-5-6-11-16(14)25-2/h5-6,9,11,15H,4,7-8,10,12-13H2,1-3H3. The molecule has 1 saturated heterocycles. The van der Waals surface area contributed by atoms with Gasteiger partial charge in [0.25, 0.3) is 0 Å². The molecule has 0 spiro atoms. The third-order valence-electron chi connectivity index (χ3n) is 4.79. The smallest absolute Gasteiger partial charge is 0.410 e. The van der Waals surface area contributed by atoms with Crippen molar-refractivity contribution in [2.24, 2.45) is 0 Å². The van der Waals surface area contributed by atoms with Gasteiger partial charge >= 0.3 is 6.09 Å². The Bertz CT molecular complexity index is 759. The van der Waals surface area contributed by atoms with Gasteiger partial charge in [-0.05, 0) is 32.3 Å². The van der Waals surface area contributed by atoms with Crippen LogP contribution in [0.2, 0.25) is 0 Å². The number of amides is 1. The Morgan fingerprint density at radius 1 is 1.27 bits per heavy atom. The molecule has 1 fully saturated rings. The third kappa shape index (κ3) is 3.66. The van der Waals surface area contributed by atoms with Crippen molar-refractivity contribution < 1.29 is 14.3 Å². The lowest BCUT2D eigenvalue weighted by molar-refractivity contribution is 0.0855. The molecule has 26 heavy (non-hydrogen) atoms. The number of hydrogen-bond acceptors (Lipinski definition) is 5. The van der Waals surface area contributed by atoms with Crippen LogP contribution in [0.4, 0.5) is 4.79 Å². The van der Waals surface area contributed by atoms with Crippen LogP contribution in [0.3, 0.4) is 0 Å². The first-order chi connectivity index (χ1) is 12.7. The van der Waals surface area contributed by atoms with Crippen molar-refractivity contribution in [3.05, 3.63) is 41.5 Å². The minimum Gasteiger partial charge on any atom is -0.496 e. The highest BCUT2D eigenvalue weighted by Gasteiger charge is 2.32. The molecule has 1 aliphatic rings. The molecule has 1 unspecified atom stereocenters. The second-order valence-corrected chi connectivity index (χ2v) is 6.37. The second kappa shape index (κ2) is 8.21. The number of nitrogens with zero attached hydrogens (tertiary/aromatic N) is 4. The van der Waals surface area contributed by atoms with E-state index in [4.69, 9.17) is 14.5 Å². The molecular weight excluding hydrogens is 332 g/mol. The maximum atomic E-state index is 12.2. The first-order valence-corrected chi connectivity index (χ1v) is 9.08. The number of methoxy groups -OCH3 is 2. The molecule has 1 amide bonds. The molecule has 0 aliphatic carbocycles. The largest absolute Gasteiger partial charge is 0.496 e. The molecule has 0 saturated carbocycles. The topological polar surface area (TPSA) is 69.5 Å². The first-order valence-electron chi connectivity index (χ1n) is 9.08. The number of carbonyl (C=O) groups is 1. The highest BCUT2D eigenvalue weighted by molar-refractivity contribution is 5.68. The van der Waals surface area contributed by atoms with Gasteiger partial charge in [-0.1, -0.05) is 18.2 Å². The van der Waals surface area contributed by atoms with Gasteiger partial charge in [-0.15, -0.1) is 0 Å². The summed E-state index contributed by atoms with van der Waals surface area (Å²) in [4.78, 5) is 18.7. The number of carbonyl (C=O) groups excluding carboxylic acids is 1. The molecule has 7 heteroatoms. The number of aromatic nitrogens is 3. The zero-order valence-electron chi connectivity index (χ0n) is 15.6. The van der Waals surface area contributed by atoms with E-state index in [-0.39, 0.29) is 12.1 Å². The van der Waals surface area contributed by atoms with E-state index in [2.05, 4.69) is 5.10 Å². The lowest BCUT2D eigenvalue weighted by Crippen LogP contribution is -2.39. The van der Waals surface area contributed by atoms with Gasteiger partial charge in [-0.2, -0.15) is 5.10 Å². The predicted octanol–water partition coefficient (Wildman–Crippen LogP) is 3.19. The quantitative estimate of drug-likeness (QED) is 0.821. The zero-order valence-corrected chi connectivity index (χ0v) is 15.6. The van der Waals surface area contributed by atoms with Crippen LogP contribution in [0, 0.1) is 0 Å². The molecular formula is C19H26N4O3. The maximum Gasteiger partial charge on any atom is 0.410 e. The lowest BCUT2D eigenvalue weighted by Gasteiger charge is -2.33. The van der Waals surface area contributed by atoms with E-state index < -0.39 is 0 Å². The Morgan fingerprint density at radius 2 is 2.08 bits per heavy atom. The number of piperidine rings is 1. The van der Waals surface area contributed by atoms with E-state index in [0.717, 1.165) is 42.2 Å². The fourth-order valence-electron chi connectivity index (χ4n) is 3.51. The van der Waals surface area contributed by atoms with Gasteiger partial charge in [0.05, 0.1) is 20.3 Å². The fourth-order valence-corrected chi connectivity index (χ4v) is 3.51. The van der Waals surface area contributed by atoms with Gasteiger partial charge < -0.3 is 9.47 Å². The van der Waals surface area contributed by atoms with Crippen LogP contribution < -0.4 is 4.74 Å². The summed E-state index contributed by atoms with van der Waals surface area (Å²) in [7, 11) is 3.09. The highest BCUT2D eigenvalue weighted by atomic mass is 16.5. The molecule has 0 bridgehead atoms. The van der Waals surface area contributed by atoms with E-state index >= 15 is 0 Å².